The van der Waals surface area contributed by atoms with Gasteiger partial charge < -0.3 is 5.32 Å². The van der Waals surface area contributed by atoms with Crippen LogP contribution in [0.3, 0.4) is 0 Å². The summed E-state index contributed by atoms with van der Waals surface area (Å²) in [6.07, 6.45) is -0.294. The van der Waals surface area contributed by atoms with Gasteiger partial charge in [0.05, 0.1) is 28.6 Å². The molecule has 0 aliphatic rings. The summed E-state index contributed by atoms with van der Waals surface area (Å²) < 4.78 is 37.5. The Morgan fingerprint density at radius 2 is 1.96 bits per heavy atom. The summed E-state index contributed by atoms with van der Waals surface area (Å²) in [5, 5.41) is 5.75. The highest BCUT2D eigenvalue weighted by Gasteiger charge is 2.30. The molecule has 0 bridgehead atoms. The first-order valence-corrected chi connectivity index (χ1v) is 9.56. The highest BCUT2D eigenvalue weighted by Crippen LogP contribution is 2.29. The van der Waals surface area contributed by atoms with Gasteiger partial charge in [0, 0.05) is 29.5 Å². The lowest BCUT2D eigenvalue weighted by atomic mass is 10.2. The van der Waals surface area contributed by atoms with Gasteiger partial charge in [0.2, 0.25) is 5.91 Å². The van der Waals surface area contributed by atoms with Crippen LogP contribution in [0.25, 0.3) is 11.3 Å². The molecule has 0 radical (unpaired) electrons. The molecule has 0 atom stereocenters. The van der Waals surface area contributed by atoms with Crippen LogP contribution in [0.1, 0.15) is 10.6 Å². The van der Waals surface area contributed by atoms with Crippen LogP contribution in [0, 0.1) is 0 Å². The fourth-order valence-electron chi connectivity index (χ4n) is 2.05. The highest BCUT2D eigenvalue weighted by molar-refractivity contribution is 7.99. The zero-order chi connectivity index (χ0) is 19.3. The molecule has 0 spiro atoms. The molecule has 3 aromatic rings. The maximum Gasteiger partial charge on any atom is 0.417 e. The topological polar surface area (TPSA) is 67.8 Å². The molecular weight excluding hydrogens is 397 g/mol. The Labute approximate surface area is 161 Å². The molecule has 1 N–H and O–H groups in total. The Balaban J connectivity index is 1.47. The SMILES string of the molecule is O=C(CSc1ccc(C(F)(F)F)cn1)NCc1nc(-c2ccncc2)cs1. The number of carbonyl (C=O) groups excluding carboxylic acids is 1. The molecule has 1 amide bonds. The van der Waals surface area contributed by atoms with Gasteiger partial charge in [0.1, 0.15) is 5.01 Å². The van der Waals surface area contributed by atoms with Crippen molar-refractivity contribution < 1.29 is 18.0 Å². The summed E-state index contributed by atoms with van der Waals surface area (Å²) >= 11 is 2.50. The number of thiazole rings is 1. The molecule has 3 rings (SSSR count). The Kier molecular flexibility index (Phi) is 6.07. The van der Waals surface area contributed by atoms with E-state index in [1.54, 1.807) is 12.4 Å². The van der Waals surface area contributed by atoms with Gasteiger partial charge >= 0.3 is 6.18 Å². The van der Waals surface area contributed by atoms with E-state index in [1.165, 1.54) is 17.4 Å². The number of nitrogens with one attached hydrogen (secondary N) is 1. The second kappa shape index (κ2) is 8.49. The largest absolute Gasteiger partial charge is 0.417 e. The van der Waals surface area contributed by atoms with E-state index in [-0.39, 0.29) is 18.2 Å². The van der Waals surface area contributed by atoms with Crippen molar-refractivity contribution in [3.63, 3.8) is 0 Å². The van der Waals surface area contributed by atoms with E-state index < -0.39 is 11.7 Å². The van der Waals surface area contributed by atoms with Gasteiger partial charge in [0.25, 0.3) is 0 Å². The third-order valence-corrected chi connectivity index (χ3v) is 5.17. The number of halogens is 3. The summed E-state index contributed by atoms with van der Waals surface area (Å²) in [5.74, 6) is -0.191. The van der Waals surface area contributed by atoms with E-state index in [9.17, 15) is 18.0 Å². The number of alkyl halides is 3. The molecule has 0 aliphatic carbocycles. The minimum absolute atomic E-state index is 0.0565. The first-order valence-electron chi connectivity index (χ1n) is 7.69. The van der Waals surface area contributed by atoms with Crippen LogP contribution in [0.4, 0.5) is 13.2 Å². The molecule has 0 aliphatic heterocycles. The van der Waals surface area contributed by atoms with Crippen molar-refractivity contribution in [1.29, 1.82) is 0 Å². The lowest BCUT2D eigenvalue weighted by Gasteiger charge is -2.06. The predicted molar refractivity (Wildman–Crippen MR) is 97.2 cm³/mol. The summed E-state index contributed by atoms with van der Waals surface area (Å²) in [5.41, 5.74) is 0.947. The number of hydrogen-bond acceptors (Lipinski definition) is 6. The van der Waals surface area contributed by atoms with Crippen LogP contribution in [0.2, 0.25) is 0 Å². The molecule has 3 aromatic heterocycles. The molecule has 140 valence electrons. The lowest BCUT2D eigenvalue weighted by Crippen LogP contribution is -2.24. The van der Waals surface area contributed by atoms with Gasteiger partial charge in [0.15, 0.2) is 0 Å². The van der Waals surface area contributed by atoms with Crippen molar-refractivity contribution in [2.45, 2.75) is 17.7 Å². The van der Waals surface area contributed by atoms with Crippen LogP contribution in [-0.4, -0.2) is 26.6 Å². The van der Waals surface area contributed by atoms with Crippen molar-refractivity contribution in [2.75, 3.05) is 5.75 Å². The molecule has 3 heterocycles. The summed E-state index contributed by atoms with van der Waals surface area (Å²) in [4.78, 5) is 24.1. The van der Waals surface area contributed by atoms with Gasteiger partial charge in [-0.2, -0.15) is 13.2 Å². The number of amides is 1. The minimum atomic E-state index is -4.42. The van der Waals surface area contributed by atoms with Crippen LogP contribution in [0.15, 0.2) is 53.3 Å². The van der Waals surface area contributed by atoms with E-state index >= 15 is 0 Å². The van der Waals surface area contributed by atoms with Crippen molar-refractivity contribution in [2.24, 2.45) is 0 Å². The van der Waals surface area contributed by atoms with Gasteiger partial charge in [-0.25, -0.2) is 9.97 Å². The zero-order valence-electron chi connectivity index (χ0n) is 13.7. The lowest BCUT2D eigenvalue weighted by molar-refractivity contribution is -0.137. The molecule has 27 heavy (non-hydrogen) atoms. The quantitative estimate of drug-likeness (QED) is 0.622. The molecule has 0 saturated carbocycles. The summed E-state index contributed by atoms with van der Waals surface area (Å²) in [6, 6.07) is 5.91. The Bertz CT molecular complexity index is 899. The molecule has 0 saturated heterocycles. The van der Waals surface area contributed by atoms with Gasteiger partial charge in [-0.15, -0.1) is 11.3 Å². The molecule has 5 nitrogen and oxygen atoms in total. The number of aromatic nitrogens is 3. The van der Waals surface area contributed by atoms with E-state index in [4.69, 9.17) is 0 Å². The van der Waals surface area contributed by atoms with Gasteiger partial charge in [-0.1, -0.05) is 11.8 Å². The first-order chi connectivity index (χ1) is 12.9. The number of hydrogen-bond donors (Lipinski definition) is 1. The van der Waals surface area contributed by atoms with Crippen molar-refractivity contribution in [3.8, 4) is 11.3 Å². The average molecular weight is 410 g/mol. The smallest absolute Gasteiger partial charge is 0.349 e. The van der Waals surface area contributed by atoms with E-state index in [0.717, 1.165) is 40.3 Å². The number of pyridine rings is 2. The van der Waals surface area contributed by atoms with Crippen LogP contribution in [-0.2, 0) is 17.5 Å². The van der Waals surface area contributed by atoms with E-state index in [2.05, 4.69) is 20.3 Å². The molecular formula is C17H13F3N4OS2. The normalized spacial score (nSPS) is 11.4. The third-order valence-electron chi connectivity index (χ3n) is 3.38. The Hall–Kier alpha value is -2.46. The van der Waals surface area contributed by atoms with Gasteiger partial charge in [-0.3, -0.25) is 9.78 Å². The number of nitrogens with zero attached hydrogens (tertiary/aromatic N) is 3. The van der Waals surface area contributed by atoms with Crippen molar-refractivity contribution >= 4 is 29.0 Å². The zero-order valence-corrected chi connectivity index (χ0v) is 15.4. The Morgan fingerprint density at radius 3 is 2.63 bits per heavy atom. The second-order valence-electron chi connectivity index (χ2n) is 5.31. The van der Waals surface area contributed by atoms with Crippen LogP contribution in [0.5, 0.6) is 0 Å². The summed E-state index contributed by atoms with van der Waals surface area (Å²) in [6.45, 7) is 0.287. The van der Waals surface area contributed by atoms with E-state index in [1.807, 2.05) is 17.5 Å². The fraction of sp³-hybridized carbons (Fsp3) is 0.176. The molecule has 0 unspecified atom stereocenters. The number of carbonyl (C=O) groups is 1. The molecule has 0 fully saturated rings. The maximum atomic E-state index is 12.5. The van der Waals surface area contributed by atoms with Crippen LogP contribution < -0.4 is 5.32 Å². The van der Waals surface area contributed by atoms with Gasteiger partial charge in [-0.05, 0) is 24.3 Å². The molecule has 10 heteroatoms. The summed E-state index contributed by atoms with van der Waals surface area (Å²) in [7, 11) is 0. The predicted octanol–water partition coefficient (Wildman–Crippen LogP) is 4.03. The monoisotopic (exact) mass is 410 g/mol. The van der Waals surface area contributed by atoms with Crippen LogP contribution >= 0.6 is 23.1 Å². The Morgan fingerprint density at radius 1 is 1.19 bits per heavy atom. The fourth-order valence-corrected chi connectivity index (χ4v) is 3.46. The third kappa shape index (κ3) is 5.51. The average Bonchev–Trinajstić information content (AvgIpc) is 3.14. The first kappa shape index (κ1) is 19.3. The minimum Gasteiger partial charge on any atom is -0.349 e. The maximum absolute atomic E-state index is 12.5. The molecule has 0 aromatic carbocycles. The second-order valence-corrected chi connectivity index (χ2v) is 7.25. The number of thioether (sulfide) groups is 1. The number of rotatable bonds is 6. The van der Waals surface area contributed by atoms with Crippen molar-refractivity contribution in [3.05, 3.63) is 58.8 Å². The van der Waals surface area contributed by atoms with E-state index in [0.29, 0.717) is 5.03 Å². The standard InChI is InChI=1S/C17H13F3N4OS2/c18-17(19,20)12-1-2-15(23-7-12)27-10-14(25)22-8-16-24-13(9-26-16)11-3-5-21-6-4-11/h1-7,9H,8,10H2,(H,22,25). The van der Waals surface area contributed by atoms with Crippen molar-refractivity contribution in [1.82, 2.24) is 20.3 Å². The highest BCUT2D eigenvalue weighted by atomic mass is 32.2.